The van der Waals surface area contributed by atoms with E-state index in [1.807, 2.05) is 0 Å². The molecule has 2 rings (SSSR count). The molecule has 0 spiro atoms. The summed E-state index contributed by atoms with van der Waals surface area (Å²) >= 11 is 0. The van der Waals surface area contributed by atoms with E-state index in [-0.39, 0.29) is 71.6 Å². The first-order chi connectivity index (χ1) is 13.2. The molecule has 0 bridgehead atoms. The van der Waals surface area contributed by atoms with Gasteiger partial charge in [-0.1, -0.05) is 19.9 Å². The van der Waals surface area contributed by atoms with E-state index in [9.17, 15) is 24.3 Å². The standard InChI is InChI=1S/C20H22N2O6.Na/c1-3-16(23)21-14-9-10-20(4-2,19(27)28)15(11-14)22-17(24)12-5-7-13(8-6-12)18(25)26;/h5-9,11H,3-4,10H2,1-2H3,(H,21,23)(H,22,24)(H,25,26)(H,27,28);/q;+1/p-1. The number of hydrogen-bond donors (Lipinski definition) is 3. The quantitative estimate of drug-likeness (QED) is 0.445. The number of hydrogen-bond acceptors (Lipinski definition) is 5. The minimum atomic E-state index is -1.43. The fourth-order valence-corrected chi connectivity index (χ4v) is 2.87. The van der Waals surface area contributed by atoms with E-state index in [4.69, 9.17) is 5.11 Å². The van der Waals surface area contributed by atoms with Crippen LogP contribution in [0.4, 0.5) is 0 Å². The second-order valence-electron chi connectivity index (χ2n) is 6.38. The molecule has 8 nitrogen and oxygen atoms in total. The molecule has 0 fully saturated rings. The molecule has 0 aromatic heterocycles. The second-order valence-corrected chi connectivity index (χ2v) is 6.38. The van der Waals surface area contributed by atoms with E-state index in [1.54, 1.807) is 19.9 Å². The average Bonchev–Trinajstić information content (AvgIpc) is 2.68. The fourth-order valence-electron chi connectivity index (χ4n) is 2.87. The zero-order valence-corrected chi connectivity index (χ0v) is 18.6. The summed E-state index contributed by atoms with van der Waals surface area (Å²) in [4.78, 5) is 47.0. The molecule has 29 heavy (non-hydrogen) atoms. The van der Waals surface area contributed by atoms with Gasteiger partial charge in [0.1, 0.15) is 0 Å². The largest absolute Gasteiger partial charge is 1.00 e. The minimum Gasteiger partial charge on any atom is -0.549 e. The van der Waals surface area contributed by atoms with Crippen molar-refractivity contribution in [2.45, 2.75) is 33.1 Å². The van der Waals surface area contributed by atoms with Crippen LogP contribution in [-0.4, -0.2) is 28.9 Å². The average molecular weight is 408 g/mol. The Labute approximate surface area is 190 Å². The normalized spacial score (nSPS) is 17.9. The van der Waals surface area contributed by atoms with Gasteiger partial charge in [-0.05, 0) is 43.2 Å². The molecule has 0 heterocycles. The third-order valence-corrected chi connectivity index (χ3v) is 4.73. The molecule has 1 aliphatic carbocycles. The van der Waals surface area contributed by atoms with Gasteiger partial charge in [-0.25, -0.2) is 4.79 Å². The molecule has 0 saturated carbocycles. The summed E-state index contributed by atoms with van der Waals surface area (Å²) in [5, 5.41) is 26.0. The van der Waals surface area contributed by atoms with Gasteiger partial charge in [-0.15, -0.1) is 0 Å². The van der Waals surface area contributed by atoms with Gasteiger partial charge in [0, 0.05) is 23.4 Å². The van der Waals surface area contributed by atoms with Crippen molar-refractivity contribution < 1.29 is 58.9 Å². The SMILES string of the molecule is CCC(=O)NC1=CCC(CC)(C(=O)[O-])C(NC(=O)c2ccc(C(=O)O)cc2)=C1.[Na+]. The number of amides is 2. The van der Waals surface area contributed by atoms with Gasteiger partial charge in [0.25, 0.3) is 5.91 Å². The van der Waals surface area contributed by atoms with Crippen molar-refractivity contribution in [2.75, 3.05) is 0 Å². The van der Waals surface area contributed by atoms with Crippen molar-refractivity contribution in [1.82, 2.24) is 10.6 Å². The van der Waals surface area contributed by atoms with Gasteiger partial charge < -0.3 is 25.6 Å². The maximum Gasteiger partial charge on any atom is 1.00 e. The van der Waals surface area contributed by atoms with E-state index in [0.29, 0.717) is 5.70 Å². The molecule has 1 aliphatic rings. The van der Waals surface area contributed by atoms with Crippen molar-refractivity contribution in [1.29, 1.82) is 0 Å². The van der Waals surface area contributed by atoms with Crippen LogP contribution >= 0.6 is 0 Å². The molecule has 3 N–H and O–H groups in total. The molecular weight excluding hydrogens is 387 g/mol. The second kappa shape index (κ2) is 10.4. The maximum absolute atomic E-state index is 12.6. The number of allylic oxidation sites excluding steroid dienone is 2. The predicted molar refractivity (Wildman–Crippen MR) is 97.8 cm³/mol. The Balaban J connectivity index is 0.00000420. The van der Waals surface area contributed by atoms with Crippen LogP contribution < -0.4 is 45.3 Å². The van der Waals surface area contributed by atoms with Gasteiger partial charge in [0.15, 0.2) is 0 Å². The molecule has 9 heteroatoms. The van der Waals surface area contributed by atoms with Crippen molar-refractivity contribution in [3.05, 3.63) is 58.9 Å². The smallest absolute Gasteiger partial charge is 0.549 e. The van der Waals surface area contributed by atoms with E-state index in [0.717, 1.165) is 0 Å². The van der Waals surface area contributed by atoms with E-state index < -0.39 is 23.3 Å². The Hall–Kier alpha value is -2.42. The van der Waals surface area contributed by atoms with E-state index in [1.165, 1.54) is 30.3 Å². The third-order valence-electron chi connectivity index (χ3n) is 4.73. The number of rotatable bonds is 7. The van der Waals surface area contributed by atoms with Crippen LogP contribution in [0.15, 0.2) is 47.8 Å². The van der Waals surface area contributed by atoms with Crippen LogP contribution in [0.5, 0.6) is 0 Å². The molecular formula is C20H21N2NaO6. The molecule has 0 aliphatic heterocycles. The van der Waals surface area contributed by atoms with Crippen molar-refractivity contribution in [3.8, 4) is 0 Å². The molecule has 1 aromatic rings. The summed E-state index contributed by atoms with van der Waals surface area (Å²) in [5.74, 6) is -3.29. The van der Waals surface area contributed by atoms with Crippen LogP contribution in [0.1, 0.15) is 53.8 Å². The Kier molecular flexibility index (Phi) is 8.81. The number of nitrogens with one attached hydrogen (secondary N) is 2. The van der Waals surface area contributed by atoms with Gasteiger partial charge in [-0.2, -0.15) is 0 Å². The first kappa shape index (κ1) is 24.6. The Morgan fingerprint density at radius 1 is 1.07 bits per heavy atom. The summed E-state index contributed by atoms with van der Waals surface area (Å²) < 4.78 is 0. The number of aromatic carboxylic acids is 1. The monoisotopic (exact) mass is 408 g/mol. The predicted octanol–water partition coefficient (Wildman–Crippen LogP) is -2.04. The van der Waals surface area contributed by atoms with Gasteiger partial charge in [0.05, 0.1) is 16.9 Å². The van der Waals surface area contributed by atoms with E-state index in [2.05, 4.69) is 10.6 Å². The van der Waals surface area contributed by atoms with Gasteiger partial charge in [-0.3, -0.25) is 9.59 Å². The van der Waals surface area contributed by atoms with Crippen LogP contribution in [0.25, 0.3) is 0 Å². The first-order valence-electron chi connectivity index (χ1n) is 8.81. The molecule has 148 valence electrons. The molecule has 1 aromatic carbocycles. The molecule has 0 saturated heterocycles. The summed E-state index contributed by atoms with van der Waals surface area (Å²) in [7, 11) is 0. The molecule has 1 unspecified atom stereocenters. The number of carbonyl (C=O) groups is 4. The number of aliphatic carboxylic acids is 1. The van der Waals surface area contributed by atoms with E-state index >= 15 is 0 Å². The summed E-state index contributed by atoms with van der Waals surface area (Å²) in [5.41, 5.74) is -0.733. The molecule has 0 radical (unpaired) electrons. The first-order valence-corrected chi connectivity index (χ1v) is 8.81. The number of carbonyl (C=O) groups excluding carboxylic acids is 3. The minimum absolute atomic E-state index is 0. The zero-order chi connectivity index (χ0) is 20.9. The van der Waals surface area contributed by atoms with Crippen LogP contribution in [-0.2, 0) is 9.59 Å². The summed E-state index contributed by atoms with van der Waals surface area (Å²) in [6.45, 7) is 3.35. The molecule has 1 atom stereocenters. The fraction of sp³-hybridized carbons (Fsp3) is 0.300. The number of carboxylic acid groups (broad SMARTS) is 2. The van der Waals surface area contributed by atoms with Crippen LogP contribution in [0, 0.1) is 5.41 Å². The Morgan fingerprint density at radius 3 is 2.14 bits per heavy atom. The summed E-state index contributed by atoms with van der Waals surface area (Å²) in [6.07, 6.45) is 3.48. The molecule has 2 amide bonds. The van der Waals surface area contributed by atoms with Crippen molar-refractivity contribution >= 4 is 23.8 Å². The third kappa shape index (κ3) is 5.56. The zero-order valence-electron chi connectivity index (χ0n) is 16.6. The number of benzene rings is 1. The van der Waals surface area contributed by atoms with Crippen LogP contribution in [0.3, 0.4) is 0 Å². The Bertz CT molecular complexity index is 875. The van der Waals surface area contributed by atoms with Crippen molar-refractivity contribution in [2.24, 2.45) is 5.41 Å². The van der Waals surface area contributed by atoms with Crippen LogP contribution in [0.2, 0.25) is 0 Å². The van der Waals surface area contributed by atoms with Gasteiger partial charge in [0.2, 0.25) is 5.91 Å². The Morgan fingerprint density at radius 2 is 1.66 bits per heavy atom. The topological polar surface area (TPSA) is 136 Å². The summed E-state index contributed by atoms with van der Waals surface area (Å²) in [6, 6.07) is 5.24. The maximum atomic E-state index is 12.6. The van der Waals surface area contributed by atoms with Crippen molar-refractivity contribution in [3.63, 3.8) is 0 Å². The number of carboxylic acids is 2. The van der Waals surface area contributed by atoms with Gasteiger partial charge >= 0.3 is 35.5 Å².